The van der Waals surface area contributed by atoms with E-state index in [1.807, 2.05) is 0 Å². The van der Waals surface area contributed by atoms with Crippen LogP contribution in [-0.2, 0) is 13.1 Å². The Labute approximate surface area is 188 Å². The molecular formula is C22H30Cl2N2O2S. The van der Waals surface area contributed by atoms with Crippen LogP contribution in [0.2, 0.25) is 10.0 Å². The van der Waals surface area contributed by atoms with Crippen LogP contribution in [0.4, 0.5) is 0 Å². The molecule has 0 amide bonds. The molecule has 0 aliphatic rings. The molecule has 0 aliphatic carbocycles. The zero-order chi connectivity index (χ0) is 22.0. The van der Waals surface area contributed by atoms with Crippen molar-refractivity contribution in [3.05, 3.63) is 45.4 Å². The van der Waals surface area contributed by atoms with Gasteiger partial charge in [0.05, 0.1) is 9.79 Å². The van der Waals surface area contributed by atoms with E-state index in [0.717, 1.165) is 0 Å². The first-order valence-corrected chi connectivity index (χ1v) is 11.0. The van der Waals surface area contributed by atoms with Gasteiger partial charge in [-0.3, -0.25) is 0 Å². The minimum Gasteiger partial charge on any atom is -0.506 e. The Balaban J connectivity index is 2.34. The van der Waals surface area contributed by atoms with E-state index >= 15 is 0 Å². The summed E-state index contributed by atoms with van der Waals surface area (Å²) in [4.78, 5) is 1.13. The maximum absolute atomic E-state index is 10.8. The van der Waals surface area contributed by atoms with Crippen LogP contribution < -0.4 is 10.6 Å². The largest absolute Gasteiger partial charge is 0.506 e. The SMILES string of the molecule is CC(C)(C)NCc1cc(Cl)cc(Sc2cc(Cl)cc(CNC(C)(C)C)c2O)c1O. The number of phenols is 2. The minimum atomic E-state index is -0.0950. The first-order chi connectivity index (χ1) is 13.2. The lowest BCUT2D eigenvalue weighted by atomic mass is 10.1. The molecular weight excluding hydrogens is 427 g/mol. The van der Waals surface area contributed by atoms with Crippen LogP contribution in [0.15, 0.2) is 34.1 Å². The van der Waals surface area contributed by atoms with E-state index in [0.29, 0.717) is 44.1 Å². The second-order valence-electron chi connectivity index (χ2n) is 9.13. The molecule has 0 unspecified atom stereocenters. The van der Waals surface area contributed by atoms with Crippen LogP contribution in [-0.4, -0.2) is 21.3 Å². The molecule has 160 valence electrons. The van der Waals surface area contributed by atoms with E-state index in [4.69, 9.17) is 23.2 Å². The summed E-state index contributed by atoms with van der Waals surface area (Å²) in [6.45, 7) is 13.3. The summed E-state index contributed by atoms with van der Waals surface area (Å²) in [6, 6.07) is 6.87. The first kappa shape index (κ1) is 24.2. The summed E-state index contributed by atoms with van der Waals surface area (Å²) in [5.74, 6) is 0.287. The van der Waals surface area contributed by atoms with Crippen molar-refractivity contribution in [1.82, 2.24) is 10.6 Å². The summed E-state index contributed by atoms with van der Waals surface area (Å²) in [6.07, 6.45) is 0. The van der Waals surface area contributed by atoms with Crippen molar-refractivity contribution in [1.29, 1.82) is 0 Å². The molecule has 4 nitrogen and oxygen atoms in total. The maximum Gasteiger partial charge on any atom is 0.134 e. The Hall–Kier alpha value is -1.11. The number of aromatic hydroxyl groups is 2. The van der Waals surface area contributed by atoms with Crippen LogP contribution >= 0.6 is 35.0 Å². The molecule has 0 radical (unpaired) electrons. The average molecular weight is 457 g/mol. The molecule has 0 bridgehead atoms. The fourth-order valence-corrected chi connectivity index (χ4v) is 4.20. The highest BCUT2D eigenvalue weighted by Gasteiger charge is 2.18. The zero-order valence-electron chi connectivity index (χ0n) is 17.8. The van der Waals surface area contributed by atoms with Gasteiger partial charge in [-0.25, -0.2) is 0 Å². The summed E-state index contributed by atoms with van der Waals surface area (Å²) in [7, 11) is 0. The highest BCUT2D eigenvalue weighted by atomic mass is 35.5. The topological polar surface area (TPSA) is 64.5 Å². The van der Waals surface area contributed by atoms with Crippen molar-refractivity contribution >= 4 is 35.0 Å². The number of rotatable bonds is 6. The van der Waals surface area contributed by atoms with Gasteiger partial charge in [0.1, 0.15) is 11.5 Å². The smallest absolute Gasteiger partial charge is 0.134 e. The van der Waals surface area contributed by atoms with Gasteiger partial charge in [-0.15, -0.1) is 0 Å². The van der Waals surface area contributed by atoms with E-state index in [2.05, 4.69) is 52.2 Å². The van der Waals surface area contributed by atoms with Gasteiger partial charge >= 0.3 is 0 Å². The van der Waals surface area contributed by atoms with Crippen LogP contribution in [0.3, 0.4) is 0 Å². The predicted octanol–water partition coefficient (Wildman–Crippen LogP) is 6.33. The van der Waals surface area contributed by atoms with Gasteiger partial charge in [0.15, 0.2) is 0 Å². The molecule has 0 spiro atoms. The highest BCUT2D eigenvalue weighted by molar-refractivity contribution is 7.99. The third kappa shape index (κ3) is 7.58. The van der Waals surface area contributed by atoms with E-state index in [1.165, 1.54) is 11.8 Å². The standard InChI is InChI=1S/C22H30Cl2N2O2S/c1-21(2,3)25-11-13-7-15(23)9-17(19(13)27)29-18-10-16(24)8-14(20(18)28)12-26-22(4,5)6/h7-10,25-28H,11-12H2,1-6H3. The number of hydrogen-bond acceptors (Lipinski definition) is 5. The van der Waals surface area contributed by atoms with E-state index in [9.17, 15) is 10.2 Å². The third-order valence-corrected chi connectivity index (χ3v) is 5.57. The van der Waals surface area contributed by atoms with E-state index < -0.39 is 0 Å². The third-order valence-electron chi connectivity index (χ3n) is 4.08. The van der Waals surface area contributed by atoms with Gasteiger partial charge in [-0.2, -0.15) is 0 Å². The zero-order valence-corrected chi connectivity index (χ0v) is 20.1. The molecule has 7 heteroatoms. The molecule has 0 saturated carbocycles. The van der Waals surface area contributed by atoms with Gasteiger partial charge < -0.3 is 20.8 Å². The maximum atomic E-state index is 10.8. The number of phenolic OH excluding ortho intramolecular Hbond substituents is 2. The lowest BCUT2D eigenvalue weighted by molar-refractivity contribution is 0.408. The summed E-state index contributed by atoms with van der Waals surface area (Å²) >= 11 is 13.8. The van der Waals surface area contributed by atoms with Gasteiger partial charge in [-0.1, -0.05) is 35.0 Å². The Kier molecular flexibility index (Phi) is 7.80. The van der Waals surface area contributed by atoms with Crippen molar-refractivity contribution in [2.75, 3.05) is 0 Å². The minimum absolute atomic E-state index is 0.0950. The number of nitrogens with one attached hydrogen (secondary N) is 2. The van der Waals surface area contributed by atoms with E-state index in [1.54, 1.807) is 24.3 Å². The average Bonchev–Trinajstić information content (AvgIpc) is 2.56. The van der Waals surface area contributed by atoms with Gasteiger partial charge in [0, 0.05) is 45.3 Å². The molecule has 0 aliphatic heterocycles. The monoisotopic (exact) mass is 456 g/mol. The van der Waals surface area contributed by atoms with Crippen LogP contribution in [0.5, 0.6) is 11.5 Å². The molecule has 29 heavy (non-hydrogen) atoms. The second-order valence-corrected chi connectivity index (χ2v) is 11.1. The number of hydrogen-bond donors (Lipinski definition) is 4. The molecule has 0 atom stereocenters. The van der Waals surface area contributed by atoms with Crippen molar-refractivity contribution in [2.45, 2.75) is 75.5 Å². The Morgan fingerprint density at radius 2 is 1.07 bits per heavy atom. The molecule has 0 aromatic heterocycles. The van der Waals surface area contributed by atoms with Gasteiger partial charge in [0.25, 0.3) is 0 Å². The van der Waals surface area contributed by atoms with Gasteiger partial charge in [-0.05, 0) is 65.8 Å². The molecule has 0 fully saturated rings. The number of benzene rings is 2. The van der Waals surface area contributed by atoms with E-state index in [-0.39, 0.29) is 22.6 Å². The lowest BCUT2D eigenvalue weighted by Gasteiger charge is -2.22. The van der Waals surface area contributed by atoms with Crippen molar-refractivity contribution in [3.8, 4) is 11.5 Å². The fraction of sp³-hybridized carbons (Fsp3) is 0.455. The van der Waals surface area contributed by atoms with Crippen LogP contribution in [0.25, 0.3) is 0 Å². The summed E-state index contributed by atoms with van der Waals surface area (Å²) < 4.78 is 0. The molecule has 0 heterocycles. The molecule has 0 saturated heterocycles. The quantitative estimate of drug-likeness (QED) is 0.408. The Bertz CT molecular complexity index is 803. The molecule has 2 aromatic rings. The first-order valence-electron chi connectivity index (χ1n) is 9.46. The fourth-order valence-electron chi connectivity index (χ4n) is 2.52. The second kappa shape index (κ2) is 9.36. The normalized spacial score (nSPS) is 12.4. The van der Waals surface area contributed by atoms with Crippen molar-refractivity contribution < 1.29 is 10.2 Å². The number of halogens is 2. The van der Waals surface area contributed by atoms with Crippen LogP contribution in [0, 0.1) is 0 Å². The lowest BCUT2D eigenvalue weighted by Crippen LogP contribution is -2.35. The molecule has 4 N–H and O–H groups in total. The predicted molar refractivity (Wildman–Crippen MR) is 124 cm³/mol. The highest BCUT2D eigenvalue weighted by Crippen LogP contribution is 2.44. The summed E-state index contributed by atoms with van der Waals surface area (Å²) in [5, 5.41) is 29.3. The van der Waals surface area contributed by atoms with Crippen molar-refractivity contribution in [3.63, 3.8) is 0 Å². The summed E-state index contributed by atoms with van der Waals surface area (Å²) in [5.41, 5.74) is 1.21. The Morgan fingerprint density at radius 3 is 1.38 bits per heavy atom. The van der Waals surface area contributed by atoms with Crippen molar-refractivity contribution in [2.24, 2.45) is 0 Å². The Morgan fingerprint density at radius 1 is 0.724 bits per heavy atom. The van der Waals surface area contributed by atoms with Gasteiger partial charge in [0.2, 0.25) is 0 Å². The molecule has 2 aromatic carbocycles. The van der Waals surface area contributed by atoms with Crippen LogP contribution in [0.1, 0.15) is 52.7 Å². The molecule has 2 rings (SSSR count).